The standard InChI is InChI=1S/C19H26N2O7/c1-11-6-5-7-14(12(11)2)20-18(22)10-28-19(23)13-8-16(26-3)17(27-4)9-15(13)21(24)25/h8-9,11-12,14H,5-7,10H2,1-4H3,(H,20,22). The Kier molecular flexibility index (Phi) is 7.19. The summed E-state index contributed by atoms with van der Waals surface area (Å²) < 4.78 is 15.1. The maximum absolute atomic E-state index is 12.3. The number of rotatable bonds is 7. The van der Waals surface area contributed by atoms with Crippen LogP contribution in [-0.2, 0) is 9.53 Å². The SMILES string of the molecule is COc1cc(C(=O)OCC(=O)NC2CCCC(C)C2C)c([N+](=O)[O-])cc1OC. The normalized spacial score (nSPS) is 21.5. The Balaban J connectivity index is 2.06. The van der Waals surface area contributed by atoms with Gasteiger partial charge in [0.2, 0.25) is 0 Å². The summed E-state index contributed by atoms with van der Waals surface area (Å²) in [5.41, 5.74) is -0.798. The Bertz CT molecular complexity index is 750. The molecule has 1 aliphatic rings. The minimum Gasteiger partial charge on any atom is -0.493 e. The van der Waals surface area contributed by atoms with E-state index in [-0.39, 0.29) is 23.1 Å². The molecule has 1 aromatic carbocycles. The molecule has 1 fully saturated rings. The number of carbonyl (C=O) groups excluding carboxylic acids is 2. The Morgan fingerprint density at radius 2 is 1.82 bits per heavy atom. The summed E-state index contributed by atoms with van der Waals surface area (Å²) in [7, 11) is 2.68. The summed E-state index contributed by atoms with van der Waals surface area (Å²) in [5, 5.41) is 14.2. The molecule has 0 aliphatic heterocycles. The van der Waals surface area contributed by atoms with Gasteiger partial charge in [0.1, 0.15) is 5.56 Å². The Morgan fingerprint density at radius 3 is 2.43 bits per heavy atom. The lowest BCUT2D eigenvalue weighted by Crippen LogP contribution is -2.45. The van der Waals surface area contributed by atoms with Gasteiger partial charge in [0.15, 0.2) is 18.1 Å². The number of nitro groups is 1. The van der Waals surface area contributed by atoms with Crippen molar-refractivity contribution >= 4 is 17.6 Å². The third-order valence-electron chi connectivity index (χ3n) is 5.31. The van der Waals surface area contributed by atoms with E-state index < -0.39 is 29.1 Å². The van der Waals surface area contributed by atoms with Crippen molar-refractivity contribution in [1.82, 2.24) is 5.32 Å². The number of ether oxygens (including phenoxy) is 3. The molecule has 3 atom stereocenters. The van der Waals surface area contributed by atoms with Crippen LogP contribution in [0.2, 0.25) is 0 Å². The highest BCUT2D eigenvalue weighted by Gasteiger charge is 2.29. The first-order valence-corrected chi connectivity index (χ1v) is 9.15. The van der Waals surface area contributed by atoms with E-state index in [9.17, 15) is 19.7 Å². The molecule has 1 N–H and O–H groups in total. The fraction of sp³-hybridized carbons (Fsp3) is 0.579. The van der Waals surface area contributed by atoms with Crippen LogP contribution in [0.5, 0.6) is 11.5 Å². The Hall–Kier alpha value is -2.84. The molecule has 0 aromatic heterocycles. The monoisotopic (exact) mass is 394 g/mol. The molecular weight excluding hydrogens is 368 g/mol. The summed E-state index contributed by atoms with van der Waals surface area (Å²) in [6.45, 7) is 3.73. The van der Waals surface area contributed by atoms with E-state index >= 15 is 0 Å². The molecule has 9 heteroatoms. The molecule has 9 nitrogen and oxygen atoms in total. The fourth-order valence-electron chi connectivity index (χ4n) is 3.43. The van der Waals surface area contributed by atoms with E-state index in [1.54, 1.807) is 0 Å². The van der Waals surface area contributed by atoms with E-state index in [0.29, 0.717) is 11.8 Å². The third kappa shape index (κ3) is 4.90. The van der Waals surface area contributed by atoms with Gasteiger partial charge in [-0.3, -0.25) is 14.9 Å². The lowest BCUT2D eigenvalue weighted by Gasteiger charge is -2.34. The summed E-state index contributed by atoms with van der Waals surface area (Å²) in [6, 6.07) is 2.29. The van der Waals surface area contributed by atoms with Crippen LogP contribution in [0.1, 0.15) is 43.5 Å². The average molecular weight is 394 g/mol. The number of methoxy groups -OCH3 is 2. The highest BCUT2D eigenvalue weighted by Crippen LogP contribution is 2.35. The van der Waals surface area contributed by atoms with Crippen molar-refractivity contribution in [3.05, 3.63) is 27.8 Å². The van der Waals surface area contributed by atoms with Crippen molar-refractivity contribution in [2.24, 2.45) is 11.8 Å². The summed E-state index contributed by atoms with van der Waals surface area (Å²) in [6.07, 6.45) is 3.05. The topological polar surface area (TPSA) is 117 Å². The molecule has 0 radical (unpaired) electrons. The minimum atomic E-state index is -0.979. The molecule has 154 valence electrons. The van der Waals surface area contributed by atoms with E-state index in [1.807, 2.05) is 0 Å². The summed E-state index contributed by atoms with van der Waals surface area (Å²) in [4.78, 5) is 35.1. The van der Waals surface area contributed by atoms with Gasteiger partial charge in [-0.2, -0.15) is 0 Å². The predicted molar refractivity (Wildman–Crippen MR) is 101 cm³/mol. The van der Waals surface area contributed by atoms with Crippen LogP contribution in [0.25, 0.3) is 0 Å². The number of nitrogens with one attached hydrogen (secondary N) is 1. The van der Waals surface area contributed by atoms with Crippen molar-refractivity contribution < 1.29 is 28.7 Å². The highest BCUT2D eigenvalue weighted by atomic mass is 16.6. The molecule has 0 bridgehead atoms. The van der Waals surface area contributed by atoms with Crippen LogP contribution in [0.15, 0.2) is 12.1 Å². The fourth-order valence-corrected chi connectivity index (χ4v) is 3.43. The first kappa shape index (κ1) is 21.5. The molecule has 28 heavy (non-hydrogen) atoms. The number of nitro benzene ring substituents is 1. The maximum Gasteiger partial charge on any atom is 0.345 e. The van der Waals surface area contributed by atoms with Crippen LogP contribution < -0.4 is 14.8 Å². The number of benzene rings is 1. The number of carbonyl (C=O) groups is 2. The van der Waals surface area contributed by atoms with Gasteiger partial charge in [-0.05, 0) is 18.3 Å². The second-order valence-corrected chi connectivity index (χ2v) is 7.00. The predicted octanol–water partition coefficient (Wildman–Crippen LogP) is 2.71. The van der Waals surface area contributed by atoms with Gasteiger partial charge in [0.05, 0.1) is 25.2 Å². The molecule has 1 aliphatic carbocycles. The van der Waals surface area contributed by atoms with Crippen LogP contribution in [0.4, 0.5) is 5.69 Å². The Labute approximate surface area is 163 Å². The van der Waals surface area contributed by atoms with E-state index in [1.165, 1.54) is 20.3 Å². The molecule has 1 saturated carbocycles. The van der Waals surface area contributed by atoms with Gasteiger partial charge in [0, 0.05) is 12.1 Å². The van der Waals surface area contributed by atoms with Crippen molar-refractivity contribution in [3.8, 4) is 11.5 Å². The van der Waals surface area contributed by atoms with Crippen molar-refractivity contribution in [1.29, 1.82) is 0 Å². The smallest absolute Gasteiger partial charge is 0.345 e. The van der Waals surface area contributed by atoms with E-state index in [2.05, 4.69) is 19.2 Å². The largest absolute Gasteiger partial charge is 0.493 e. The minimum absolute atomic E-state index is 0.0327. The zero-order valence-corrected chi connectivity index (χ0v) is 16.5. The molecule has 3 unspecified atom stereocenters. The summed E-state index contributed by atoms with van der Waals surface area (Å²) in [5.74, 6) is -0.301. The first-order valence-electron chi connectivity index (χ1n) is 9.15. The molecule has 1 amide bonds. The highest BCUT2D eigenvalue weighted by molar-refractivity contribution is 5.96. The average Bonchev–Trinajstić information content (AvgIpc) is 2.68. The van der Waals surface area contributed by atoms with Crippen molar-refractivity contribution in [2.45, 2.75) is 39.2 Å². The van der Waals surface area contributed by atoms with E-state index in [4.69, 9.17) is 14.2 Å². The lowest BCUT2D eigenvalue weighted by molar-refractivity contribution is -0.385. The van der Waals surface area contributed by atoms with Gasteiger partial charge in [-0.1, -0.05) is 26.7 Å². The zero-order valence-electron chi connectivity index (χ0n) is 16.5. The number of nitrogens with zero attached hydrogens (tertiary/aromatic N) is 1. The maximum atomic E-state index is 12.3. The molecular formula is C19H26N2O7. The number of amides is 1. The third-order valence-corrected chi connectivity index (χ3v) is 5.31. The quantitative estimate of drug-likeness (QED) is 0.429. The number of hydrogen-bond donors (Lipinski definition) is 1. The second-order valence-electron chi connectivity index (χ2n) is 7.00. The molecule has 0 heterocycles. The van der Waals surface area contributed by atoms with E-state index in [0.717, 1.165) is 25.3 Å². The van der Waals surface area contributed by atoms with Crippen LogP contribution in [0.3, 0.4) is 0 Å². The number of esters is 1. The van der Waals surface area contributed by atoms with Crippen molar-refractivity contribution in [2.75, 3.05) is 20.8 Å². The van der Waals surface area contributed by atoms with Gasteiger partial charge in [-0.25, -0.2) is 4.79 Å². The second kappa shape index (κ2) is 9.38. The number of hydrogen-bond acceptors (Lipinski definition) is 7. The first-order chi connectivity index (χ1) is 13.3. The van der Waals surface area contributed by atoms with Gasteiger partial charge >= 0.3 is 5.97 Å². The lowest BCUT2D eigenvalue weighted by atomic mass is 9.78. The molecule has 2 rings (SSSR count). The van der Waals surface area contributed by atoms with Gasteiger partial charge in [0.25, 0.3) is 11.6 Å². The van der Waals surface area contributed by atoms with Crippen LogP contribution in [0, 0.1) is 22.0 Å². The van der Waals surface area contributed by atoms with Crippen LogP contribution in [-0.4, -0.2) is 43.7 Å². The Morgan fingerprint density at radius 1 is 1.18 bits per heavy atom. The van der Waals surface area contributed by atoms with Gasteiger partial charge < -0.3 is 19.5 Å². The van der Waals surface area contributed by atoms with Crippen LogP contribution >= 0.6 is 0 Å². The van der Waals surface area contributed by atoms with Gasteiger partial charge in [-0.15, -0.1) is 0 Å². The zero-order chi connectivity index (χ0) is 20.8. The summed E-state index contributed by atoms with van der Waals surface area (Å²) >= 11 is 0. The molecule has 1 aromatic rings. The van der Waals surface area contributed by atoms with Crippen molar-refractivity contribution in [3.63, 3.8) is 0 Å². The molecule has 0 spiro atoms. The molecule has 0 saturated heterocycles.